The Morgan fingerprint density at radius 3 is 2.33 bits per heavy atom. The summed E-state index contributed by atoms with van der Waals surface area (Å²) in [5.41, 5.74) is 0.569. The number of carbonyl (C=O) groups excluding carboxylic acids is 2. The first kappa shape index (κ1) is 40.3. The van der Waals surface area contributed by atoms with Crippen LogP contribution in [0, 0.1) is 11.8 Å². The number of aliphatic hydroxyl groups is 1. The van der Waals surface area contributed by atoms with Crippen molar-refractivity contribution in [3.05, 3.63) is 87.9 Å². The number of imidazole rings is 1. The Balaban J connectivity index is 1.65. The fourth-order valence-electron chi connectivity index (χ4n) is 5.80. The van der Waals surface area contributed by atoms with Gasteiger partial charge in [-0.3, -0.25) is 18.7 Å². The zero-order chi connectivity index (χ0) is 38.2. The van der Waals surface area contributed by atoms with Crippen LogP contribution in [0.2, 0.25) is 0 Å². The molecule has 4 aromatic rings. The van der Waals surface area contributed by atoms with Crippen LogP contribution >= 0.6 is 11.3 Å². The smallest absolute Gasteiger partial charge is 0.332 e. The molecule has 2 heterocycles. The third-order valence-corrected chi connectivity index (χ3v) is 11.3. The summed E-state index contributed by atoms with van der Waals surface area (Å²) in [5, 5.41) is 30.2. The van der Waals surface area contributed by atoms with E-state index in [1.54, 1.807) is 24.4 Å². The molecule has 0 aliphatic rings. The highest BCUT2D eigenvalue weighted by Gasteiger charge is 2.35. The molecule has 0 spiro atoms. The average molecular weight is 757 g/mol. The molecule has 282 valence electrons. The van der Waals surface area contributed by atoms with Crippen LogP contribution in [0.25, 0.3) is 0 Å². The van der Waals surface area contributed by atoms with Gasteiger partial charge in [0.1, 0.15) is 11.8 Å². The second-order valence-electron chi connectivity index (χ2n) is 13.2. The van der Waals surface area contributed by atoms with Crippen molar-refractivity contribution >= 4 is 38.3 Å². The molecule has 16 heteroatoms. The van der Waals surface area contributed by atoms with Crippen molar-refractivity contribution in [3.63, 3.8) is 0 Å². The quantitative estimate of drug-likeness (QED) is 0.117. The predicted molar refractivity (Wildman–Crippen MR) is 199 cm³/mol. The number of anilines is 1. The van der Waals surface area contributed by atoms with Gasteiger partial charge in [0.15, 0.2) is 5.13 Å². The molecule has 0 unspecified atom stereocenters. The van der Waals surface area contributed by atoms with Gasteiger partial charge in [0.2, 0.25) is 27.7 Å². The topological polar surface area (TPSA) is 185 Å². The van der Waals surface area contributed by atoms with E-state index in [-0.39, 0.29) is 54.6 Å². The van der Waals surface area contributed by atoms with Crippen LogP contribution in [0.15, 0.2) is 75.9 Å². The first-order valence-electron chi connectivity index (χ1n) is 17.0. The number of thiazole rings is 1. The molecule has 4 rings (SSSR count). The van der Waals surface area contributed by atoms with Crippen LogP contribution in [-0.4, -0.2) is 81.2 Å². The number of aromatic hydroxyl groups is 1. The molecule has 0 radical (unpaired) electrons. The number of ether oxygens (including phenoxy) is 1. The lowest BCUT2D eigenvalue weighted by Gasteiger charge is -2.32. The Hall–Kier alpha value is -4.51. The molecule has 2 aromatic heterocycles. The summed E-state index contributed by atoms with van der Waals surface area (Å²) in [4.78, 5) is 43.8. The van der Waals surface area contributed by atoms with Crippen molar-refractivity contribution in [2.24, 2.45) is 11.8 Å². The maximum Gasteiger partial charge on any atom is 0.332 e. The lowest BCUT2D eigenvalue weighted by atomic mass is 9.96. The number of rotatable bonds is 18. The molecule has 4 N–H and O–H groups in total. The van der Waals surface area contributed by atoms with E-state index in [1.807, 2.05) is 51.1 Å². The Kier molecular flexibility index (Phi) is 13.8. The molecule has 14 nitrogen and oxygen atoms in total. The SMILES string of the molecule is CC[C@H](C)[C@@H](C(=O)N[C@@H](Cc1ccccc1)[C@H](O)CN(CC(C)C)S(=O)(=O)c1ccc(OC)cc1)n1cc(O)n(Cc2csc(NC(C)=O)n2)c1=O. The van der Waals surface area contributed by atoms with E-state index in [1.165, 1.54) is 52.6 Å². The van der Waals surface area contributed by atoms with Crippen LogP contribution in [-0.2, 0) is 32.6 Å². The van der Waals surface area contributed by atoms with E-state index in [2.05, 4.69) is 15.6 Å². The molecule has 0 saturated carbocycles. The average Bonchev–Trinajstić information content (AvgIpc) is 3.66. The molecule has 0 aliphatic carbocycles. The van der Waals surface area contributed by atoms with Gasteiger partial charge in [-0.15, -0.1) is 11.3 Å². The molecule has 0 aliphatic heterocycles. The number of aliphatic hydroxyl groups excluding tert-OH is 1. The Labute approximate surface area is 308 Å². The molecule has 2 aromatic carbocycles. The van der Waals surface area contributed by atoms with Gasteiger partial charge in [-0.05, 0) is 48.1 Å². The minimum Gasteiger partial charge on any atom is -0.497 e. The summed E-state index contributed by atoms with van der Waals surface area (Å²) >= 11 is 1.17. The van der Waals surface area contributed by atoms with Crippen molar-refractivity contribution in [2.75, 3.05) is 25.5 Å². The maximum absolute atomic E-state index is 14.3. The molecule has 0 fully saturated rings. The van der Waals surface area contributed by atoms with Gasteiger partial charge in [0.05, 0.1) is 42.6 Å². The van der Waals surface area contributed by atoms with Gasteiger partial charge in [-0.2, -0.15) is 4.31 Å². The minimum atomic E-state index is -4.06. The zero-order valence-corrected chi connectivity index (χ0v) is 31.9. The van der Waals surface area contributed by atoms with Crippen molar-refractivity contribution < 1.29 is 33.0 Å². The number of hydrogen-bond acceptors (Lipinski definition) is 10. The molecule has 0 saturated heterocycles. The fourth-order valence-corrected chi connectivity index (χ4v) is 8.17. The van der Waals surface area contributed by atoms with E-state index in [0.29, 0.717) is 23.0 Å². The van der Waals surface area contributed by atoms with Gasteiger partial charge in [-0.25, -0.2) is 18.2 Å². The monoisotopic (exact) mass is 756 g/mol. The molecular formula is C36H48N6O8S2. The highest BCUT2D eigenvalue weighted by atomic mass is 32.2. The lowest BCUT2D eigenvalue weighted by molar-refractivity contribution is -0.127. The fraction of sp³-hybridized carbons (Fsp3) is 0.444. The van der Waals surface area contributed by atoms with Crippen molar-refractivity contribution in [1.82, 2.24) is 23.7 Å². The second-order valence-corrected chi connectivity index (χ2v) is 16.0. The maximum atomic E-state index is 14.3. The van der Waals surface area contributed by atoms with Gasteiger partial charge in [0, 0.05) is 25.4 Å². The highest BCUT2D eigenvalue weighted by molar-refractivity contribution is 7.89. The van der Waals surface area contributed by atoms with Gasteiger partial charge in [-0.1, -0.05) is 64.4 Å². The number of amides is 2. The number of nitrogens with zero attached hydrogens (tertiary/aromatic N) is 4. The number of nitrogens with one attached hydrogen (secondary N) is 2. The van der Waals surface area contributed by atoms with E-state index < -0.39 is 39.8 Å². The third kappa shape index (κ3) is 10.1. The molecule has 4 atom stereocenters. The van der Waals surface area contributed by atoms with Crippen molar-refractivity contribution in [3.8, 4) is 11.6 Å². The minimum absolute atomic E-state index is 0.0364. The van der Waals surface area contributed by atoms with E-state index >= 15 is 0 Å². The Morgan fingerprint density at radius 1 is 1.06 bits per heavy atom. The third-order valence-electron chi connectivity index (χ3n) is 8.64. The first-order valence-corrected chi connectivity index (χ1v) is 19.4. The number of methoxy groups -OCH3 is 1. The summed E-state index contributed by atoms with van der Waals surface area (Å²) < 4.78 is 36.4. The summed E-state index contributed by atoms with van der Waals surface area (Å²) in [6.45, 7) is 8.47. The van der Waals surface area contributed by atoms with Crippen LogP contribution in [0.3, 0.4) is 0 Å². The molecule has 52 heavy (non-hydrogen) atoms. The van der Waals surface area contributed by atoms with Crippen molar-refractivity contribution in [1.29, 1.82) is 0 Å². The normalized spacial score (nSPS) is 14.2. The van der Waals surface area contributed by atoms with Crippen LogP contribution < -0.4 is 21.1 Å². The van der Waals surface area contributed by atoms with E-state index in [0.717, 1.165) is 10.1 Å². The molecular weight excluding hydrogens is 709 g/mol. The highest BCUT2D eigenvalue weighted by Crippen LogP contribution is 2.26. The first-order chi connectivity index (χ1) is 24.6. The largest absolute Gasteiger partial charge is 0.497 e. The number of hydrogen-bond donors (Lipinski definition) is 4. The summed E-state index contributed by atoms with van der Waals surface area (Å²) in [6.07, 6.45) is 0.511. The van der Waals surface area contributed by atoms with Gasteiger partial charge >= 0.3 is 5.69 Å². The second kappa shape index (κ2) is 17.8. The van der Waals surface area contributed by atoms with Crippen LogP contribution in [0.5, 0.6) is 11.6 Å². The lowest BCUT2D eigenvalue weighted by Crippen LogP contribution is -2.53. The molecule has 2 amide bonds. The Morgan fingerprint density at radius 2 is 1.73 bits per heavy atom. The number of benzene rings is 2. The zero-order valence-electron chi connectivity index (χ0n) is 30.2. The molecule has 0 bridgehead atoms. The van der Waals surface area contributed by atoms with Gasteiger partial charge in [0.25, 0.3) is 0 Å². The Bertz CT molecular complexity index is 1960. The summed E-state index contributed by atoms with van der Waals surface area (Å²) in [6, 6.07) is 13.1. The van der Waals surface area contributed by atoms with E-state index in [9.17, 15) is 33.0 Å². The van der Waals surface area contributed by atoms with E-state index in [4.69, 9.17) is 4.74 Å². The standard InChI is InChI=1S/C36H48N6O8S2/c1-7-24(4)33(42-21-32(45)41(36(42)47)19-27-22-51-35(38-27)37-25(5)43)34(46)39-30(17-26-11-9-8-10-12-26)31(44)20-40(18-23(2)3)52(48,49)29-15-13-28(50-6)14-16-29/h8-16,21-24,30-31,33,44-45H,7,17-20H2,1-6H3,(H,39,46)(H,37,38,43)/t24-,30-,31+,33-/m0/s1. The number of carbonyl (C=O) groups is 2. The van der Waals surface area contributed by atoms with Crippen LogP contribution in [0.1, 0.15) is 58.3 Å². The number of aromatic nitrogens is 3. The van der Waals surface area contributed by atoms with Crippen LogP contribution in [0.4, 0.5) is 5.13 Å². The summed E-state index contributed by atoms with van der Waals surface area (Å²) in [7, 11) is -2.57. The van der Waals surface area contributed by atoms with Crippen molar-refractivity contribution in [2.45, 2.75) is 77.1 Å². The predicted octanol–water partition coefficient (Wildman–Crippen LogP) is 3.85. The number of sulfonamides is 1. The summed E-state index contributed by atoms with van der Waals surface area (Å²) in [5.74, 6) is -1.23. The van der Waals surface area contributed by atoms with Gasteiger partial charge < -0.3 is 25.6 Å².